The molecule has 0 N–H and O–H groups in total. The Balaban J connectivity index is -0.000000270. The third-order valence-electron chi connectivity index (χ3n) is 1.50. The summed E-state index contributed by atoms with van der Waals surface area (Å²) < 4.78 is 0. The van der Waals surface area contributed by atoms with Crippen molar-refractivity contribution >= 4 is 0 Å². The monoisotopic (exact) mass is 199 g/mol. The van der Waals surface area contributed by atoms with Crippen molar-refractivity contribution in [2.75, 3.05) is 0 Å². The van der Waals surface area contributed by atoms with Gasteiger partial charge in [0.2, 0.25) is 0 Å². The van der Waals surface area contributed by atoms with Gasteiger partial charge in [0, 0.05) is 0 Å². The van der Waals surface area contributed by atoms with Gasteiger partial charge in [-0.2, -0.15) is 6.08 Å². The first-order chi connectivity index (χ1) is 4.11. The van der Waals surface area contributed by atoms with E-state index in [1.54, 1.807) is 0 Å². The molecule has 0 aliphatic heterocycles. The van der Waals surface area contributed by atoms with Crippen LogP contribution < -0.4 is 0 Å². The Hall–Kier alpha value is 0.194. The molecule has 67 valence electrons. The van der Waals surface area contributed by atoms with Gasteiger partial charge in [0.05, 0.1) is 0 Å². The molecule has 0 nitrogen and oxygen atoms in total. The van der Waals surface area contributed by atoms with Crippen LogP contribution in [0.5, 0.6) is 0 Å². The van der Waals surface area contributed by atoms with E-state index in [0.29, 0.717) is 5.41 Å². The molecule has 1 rings (SSSR count). The molecule has 0 heterocycles. The molecular weight excluding hydrogens is 180 g/mol. The SMILES string of the molecule is CC(C)(C)C1=[C-]CC=C1.[CH3-].[CH3-].[Ti+3]. The summed E-state index contributed by atoms with van der Waals surface area (Å²) >= 11 is 0. The maximum absolute atomic E-state index is 3.30. The van der Waals surface area contributed by atoms with Crippen LogP contribution in [-0.2, 0) is 21.7 Å². The van der Waals surface area contributed by atoms with Gasteiger partial charge < -0.3 is 14.9 Å². The van der Waals surface area contributed by atoms with E-state index >= 15 is 0 Å². The van der Waals surface area contributed by atoms with E-state index in [1.165, 1.54) is 5.57 Å². The molecule has 1 aliphatic carbocycles. The Kier molecular flexibility index (Phi) is 10.1. The molecule has 0 saturated heterocycles. The minimum Gasteiger partial charge on any atom is -0.358 e. The second kappa shape index (κ2) is 6.68. The molecule has 0 amide bonds. The molecule has 12 heavy (non-hydrogen) atoms. The zero-order chi connectivity index (χ0) is 6.91. The zero-order valence-corrected chi connectivity index (χ0v) is 10.4. The second-order valence-corrected chi connectivity index (χ2v) is 3.45. The summed E-state index contributed by atoms with van der Waals surface area (Å²) in [5, 5.41) is 0. The van der Waals surface area contributed by atoms with E-state index in [4.69, 9.17) is 0 Å². The fraction of sp³-hybridized carbons (Fsp3) is 0.455. The van der Waals surface area contributed by atoms with Gasteiger partial charge >= 0.3 is 21.7 Å². The predicted molar refractivity (Wildman–Crippen MR) is 52.8 cm³/mol. The summed E-state index contributed by atoms with van der Waals surface area (Å²) in [4.78, 5) is 0. The van der Waals surface area contributed by atoms with E-state index in [9.17, 15) is 0 Å². The Bertz CT molecular complexity index is 158. The molecule has 0 aromatic heterocycles. The summed E-state index contributed by atoms with van der Waals surface area (Å²) in [5.74, 6) is 0. The number of allylic oxidation sites excluding steroid dienone is 4. The van der Waals surface area contributed by atoms with Crippen molar-refractivity contribution in [1.82, 2.24) is 0 Å². The molecule has 0 bridgehead atoms. The summed E-state index contributed by atoms with van der Waals surface area (Å²) in [6.07, 6.45) is 8.63. The summed E-state index contributed by atoms with van der Waals surface area (Å²) in [7, 11) is 0. The van der Waals surface area contributed by atoms with Gasteiger partial charge in [-0.1, -0.05) is 20.8 Å². The van der Waals surface area contributed by atoms with Crippen molar-refractivity contribution in [3.63, 3.8) is 0 Å². The van der Waals surface area contributed by atoms with Crippen molar-refractivity contribution in [1.29, 1.82) is 0 Å². The average Bonchev–Trinajstić information content (AvgIpc) is 2.08. The quantitative estimate of drug-likeness (QED) is 0.413. The third-order valence-corrected chi connectivity index (χ3v) is 1.50. The van der Waals surface area contributed by atoms with Gasteiger partial charge in [-0.3, -0.25) is 6.08 Å². The van der Waals surface area contributed by atoms with Crippen LogP contribution in [0, 0.1) is 26.3 Å². The van der Waals surface area contributed by atoms with Crippen molar-refractivity contribution in [2.45, 2.75) is 27.2 Å². The maximum Gasteiger partial charge on any atom is 3.00 e. The molecule has 0 unspecified atom stereocenters. The van der Waals surface area contributed by atoms with Crippen molar-refractivity contribution < 1.29 is 21.7 Å². The molecule has 0 saturated carbocycles. The third kappa shape index (κ3) is 4.95. The molecular formula is C11H19Ti. The molecule has 0 aromatic rings. The maximum atomic E-state index is 3.30. The molecule has 0 fully saturated rings. The van der Waals surface area contributed by atoms with Crippen LogP contribution in [0.3, 0.4) is 0 Å². The van der Waals surface area contributed by atoms with Crippen LogP contribution in [0.25, 0.3) is 0 Å². The number of hydrogen-bond acceptors (Lipinski definition) is 0. The second-order valence-electron chi connectivity index (χ2n) is 3.45. The topological polar surface area (TPSA) is 0 Å². The minimum absolute atomic E-state index is 0. The Morgan fingerprint density at radius 2 is 1.75 bits per heavy atom. The first kappa shape index (κ1) is 18.1. The van der Waals surface area contributed by atoms with E-state index in [2.05, 4.69) is 39.0 Å². The summed E-state index contributed by atoms with van der Waals surface area (Å²) in [5.41, 5.74) is 1.65. The van der Waals surface area contributed by atoms with Gasteiger partial charge in [0.25, 0.3) is 0 Å². The molecule has 1 heteroatoms. The van der Waals surface area contributed by atoms with Crippen LogP contribution in [0.4, 0.5) is 0 Å². The normalized spacial score (nSPS) is 13.8. The largest absolute Gasteiger partial charge is 3.00 e. The van der Waals surface area contributed by atoms with E-state index in [0.717, 1.165) is 6.42 Å². The van der Waals surface area contributed by atoms with Crippen LogP contribution >= 0.6 is 0 Å². The van der Waals surface area contributed by atoms with Crippen molar-refractivity contribution in [3.05, 3.63) is 38.7 Å². The predicted octanol–water partition coefficient (Wildman–Crippen LogP) is 3.62. The Morgan fingerprint density at radius 1 is 1.25 bits per heavy atom. The van der Waals surface area contributed by atoms with Gasteiger partial charge in [-0.15, -0.1) is 6.42 Å². The summed E-state index contributed by atoms with van der Waals surface area (Å²) in [6.45, 7) is 6.64. The Morgan fingerprint density at radius 3 is 1.92 bits per heavy atom. The van der Waals surface area contributed by atoms with Gasteiger partial charge in [0.15, 0.2) is 0 Å². The molecule has 1 aliphatic rings. The minimum atomic E-state index is 0. The van der Waals surface area contributed by atoms with Crippen LogP contribution in [0.1, 0.15) is 27.2 Å². The van der Waals surface area contributed by atoms with Crippen molar-refractivity contribution in [3.8, 4) is 0 Å². The smallest absolute Gasteiger partial charge is 0.358 e. The van der Waals surface area contributed by atoms with E-state index < -0.39 is 0 Å². The van der Waals surface area contributed by atoms with Crippen molar-refractivity contribution in [2.24, 2.45) is 5.41 Å². The van der Waals surface area contributed by atoms with E-state index in [-0.39, 0.29) is 36.6 Å². The van der Waals surface area contributed by atoms with E-state index in [1.807, 2.05) is 0 Å². The fourth-order valence-electron chi connectivity index (χ4n) is 0.920. The van der Waals surface area contributed by atoms with Crippen LogP contribution in [0.15, 0.2) is 17.7 Å². The first-order valence-electron chi connectivity index (χ1n) is 3.38. The van der Waals surface area contributed by atoms with Gasteiger partial charge in [-0.05, 0) is 5.41 Å². The van der Waals surface area contributed by atoms with Gasteiger partial charge in [-0.25, -0.2) is 11.6 Å². The van der Waals surface area contributed by atoms with Crippen LogP contribution in [0.2, 0.25) is 0 Å². The zero-order valence-electron chi connectivity index (χ0n) is 8.86. The molecule has 1 radical (unpaired) electrons. The number of rotatable bonds is 0. The fourth-order valence-corrected chi connectivity index (χ4v) is 0.920. The number of hydrogen-bond donors (Lipinski definition) is 0. The molecule has 0 atom stereocenters. The van der Waals surface area contributed by atoms with Crippen LogP contribution in [-0.4, -0.2) is 0 Å². The van der Waals surface area contributed by atoms with Gasteiger partial charge in [0.1, 0.15) is 0 Å². The molecule has 0 aromatic carbocycles. The Labute approximate surface area is 93.0 Å². The first-order valence-corrected chi connectivity index (χ1v) is 3.38. The average molecular weight is 199 g/mol. The summed E-state index contributed by atoms with van der Waals surface area (Å²) in [6, 6.07) is 0. The standard InChI is InChI=1S/C9H13.2CH3.Ti/c1-9(2,3)8-6-4-5-7-8;;;/h4,6H,5H2,1-3H3;2*1H3;/q3*-1;+3. The molecule has 0 spiro atoms.